The average Bonchev–Trinajstić information content (AvgIpc) is 2.70. The fraction of sp³-hybridized carbons (Fsp3) is 0.292. The first kappa shape index (κ1) is 22.6. The van der Waals surface area contributed by atoms with E-state index in [0.717, 1.165) is 29.1 Å². The predicted octanol–water partition coefficient (Wildman–Crippen LogP) is 6.19. The van der Waals surface area contributed by atoms with Gasteiger partial charge in [-0.2, -0.15) is 0 Å². The molecule has 0 unspecified atom stereocenters. The molecule has 2 N–H and O–H groups in total. The van der Waals surface area contributed by atoms with E-state index in [0.29, 0.717) is 28.8 Å². The summed E-state index contributed by atoms with van der Waals surface area (Å²) in [5.41, 5.74) is 2.51. The SMILES string of the molecule is CCc1nc(C)c(Oc2ccnc(Nc3cccc(CC(C)(C)C(=O)O)c3)c2)cc1Cl. The number of carbonyl (C=O) groups is 1. The minimum atomic E-state index is -0.842. The Kier molecular flexibility index (Phi) is 6.81. The summed E-state index contributed by atoms with van der Waals surface area (Å²) in [7, 11) is 0. The Hall–Kier alpha value is -3.12. The van der Waals surface area contributed by atoms with E-state index in [1.165, 1.54) is 0 Å². The summed E-state index contributed by atoms with van der Waals surface area (Å²) in [6.45, 7) is 7.32. The van der Waals surface area contributed by atoms with Crippen molar-refractivity contribution in [3.05, 3.63) is 70.6 Å². The number of nitrogens with zero attached hydrogens (tertiary/aromatic N) is 2. The minimum absolute atomic E-state index is 0.426. The van der Waals surface area contributed by atoms with E-state index < -0.39 is 11.4 Å². The summed E-state index contributed by atoms with van der Waals surface area (Å²) in [6, 6.07) is 13.0. The molecule has 2 aromatic heterocycles. The Labute approximate surface area is 187 Å². The molecule has 7 heteroatoms. The summed E-state index contributed by atoms with van der Waals surface area (Å²) >= 11 is 6.28. The van der Waals surface area contributed by atoms with E-state index in [-0.39, 0.29) is 0 Å². The van der Waals surface area contributed by atoms with E-state index in [2.05, 4.69) is 15.3 Å². The zero-order valence-electron chi connectivity index (χ0n) is 18.1. The van der Waals surface area contributed by atoms with Crippen molar-refractivity contribution in [2.24, 2.45) is 5.41 Å². The normalized spacial score (nSPS) is 11.3. The van der Waals surface area contributed by atoms with Crippen molar-refractivity contribution in [2.75, 3.05) is 5.32 Å². The second kappa shape index (κ2) is 9.35. The molecule has 31 heavy (non-hydrogen) atoms. The van der Waals surface area contributed by atoms with Gasteiger partial charge in [0.05, 0.1) is 21.8 Å². The number of pyridine rings is 2. The number of anilines is 2. The highest BCUT2D eigenvalue weighted by Gasteiger charge is 2.27. The average molecular weight is 440 g/mol. The van der Waals surface area contributed by atoms with Gasteiger partial charge in [0, 0.05) is 24.0 Å². The number of nitrogens with one attached hydrogen (secondary N) is 1. The molecule has 0 saturated carbocycles. The van der Waals surface area contributed by atoms with Gasteiger partial charge < -0.3 is 15.2 Å². The van der Waals surface area contributed by atoms with Gasteiger partial charge in [0.25, 0.3) is 0 Å². The maximum atomic E-state index is 11.4. The van der Waals surface area contributed by atoms with Crippen LogP contribution in [0.1, 0.15) is 37.7 Å². The van der Waals surface area contributed by atoms with E-state index in [1.807, 2.05) is 38.1 Å². The van der Waals surface area contributed by atoms with Crippen molar-refractivity contribution in [1.29, 1.82) is 0 Å². The van der Waals surface area contributed by atoms with Gasteiger partial charge in [-0.25, -0.2) is 4.98 Å². The fourth-order valence-corrected chi connectivity index (χ4v) is 3.40. The first-order valence-corrected chi connectivity index (χ1v) is 10.4. The fourth-order valence-electron chi connectivity index (χ4n) is 3.13. The number of halogens is 1. The third-order valence-corrected chi connectivity index (χ3v) is 5.24. The van der Waals surface area contributed by atoms with Crippen molar-refractivity contribution >= 4 is 29.1 Å². The van der Waals surface area contributed by atoms with Gasteiger partial charge in [0.2, 0.25) is 0 Å². The van der Waals surface area contributed by atoms with Crippen LogP contribution in [0.3, 0.4) is 0 Å². The van der Waals surface area contributed by atoms with Crippen molar-refractivity contribution in [1.82, 2.24) is 9.97 Å². The number of carboxylic acid groups (broad SMARTS) is 1. The molecule has 6 nitrogen and oxygen atoms in total. The largest absolute Gasteiger partial charge is 0.481 e. The monoisotopic (exact) mass is 439 g/mol. The van der Waals surface area contributed by atoms with Crippen LogP contribution in [0.25, 0.3) is 0 Å². The van der Waals surface area contributed by atoms with Crippen molar-refractivity contribution in [2.45, 2.75) is 40.5 Å². The molecule has 0 bridgehead atoms. The molecule has 162 valence electrons. The van der Waals surface area contributed by atoms with Crippen molar-refractivity contribution < 1.29 is 14.6 Å². The quantitative estimate of drug-likeness (QED) is 0.435. The van der Waals surface area contributed by atoms with E-state index in [9.17, 15) is 9.90 Å². The molecule has 0 fully saturated rings. The highest BCUT2D eigenvalue weighted by molar-refractivity contribution is 6.31. The topological polar surface area (TPSA) is 84.3 Å². The number of aliphatic carboxylic acids is 1. The Bertz CT molecular complexity index is 1100. The molecule has 0 saturated heterocycles. The molecular formula is C24H26ClN3O3. The third kappa shape index (κ3) is 5.73. The zero-order valence-corrected chi connectivity index (χ0v) is 18.8. The number of hydrogen-bond donors (Lipinski definition) is 2. The lowest BCUT2D eigenvalue weighted by Crippen LogP contribution is -2.26. The zero-order chi connectivity index (χ0) is 22.6. The van der Waals surface area contributed by atoms with Crippen LogP contribution >= 0.6 is 11.6 Å². The van der Waals surface area contributed by atoms with Crippen molar-refractivity contribution in [3.63, 3.8) is 0 Å². The Balaban J connectivity index is 1.77. The lowest BCUT2D eigenvalue weighted by Gasteiger charge is -2.19. The lowest BCUT2D eigenvalue weighted by molar-refractivity contribution is -0.146. The van der Waals surface area contributed by atoms with Gasteiger partial charge in [-0.15, -0.1) is 0 Å². The molecule has 0 radical (unpaired) electrons. The van der Waals surface area contributed by atoms with E-state index in [1.54, 1.807) is 38.2 Å². The smallest absolute Gasteiger partial charge is 0.309 e. The molecule has 2 heterocycles. The number of carboxylic acids is 1. The molecule has 0 aliphatic carbocycles. The highest BCUT2D eigenvalue weighted by atomic mass is 35.5. The van der Waals surface area contributed by atoms with Crippen molar-refractivity contribution in [3.8, 4) is 11.5 Å². The third-order valence-electron chi connectivity index (χ3n) is 4.91. The number of hydrogen-bond acceptors (Lipinski definition) is 5. The second-order valence-corrected chi connectivity index (χ2v) is 8.43. The molecule has 0 atom stereocenters. The number of aryl methyl sites for hydroxylation is 2. The number of ether oxygens (including phenoxy) is 1. The van der Waals surface area contributed by atoms with Crippen LogP contribution in [-0.4, -0.2) is 21.0 Å². The van der Waals surface area contributed by atoms with E-state index >= 15 is 0 Å². The van der Waals surface area contributed by atoms with E-state index in [4.69, 9.17) is 16.3 Å². The standard InChI is InChI=1S/C24H26ClN3O3/c1-5-20-19(25)13-21(15(2)27-20)31-18-9-10-26-22(12-18)28-17-8-6-7-16(11-17)14-24(3,4)23(29)30/h6-13H,5,14H2,1-4H3,(H,26,28)(H,29,30). The molecule has 1 aromatic carbocycles. The van der Waals surface area contributed by atoms with Crippen LogP contribution in [0.4, 0.5) is 11.5 Å². The maximum absolute atomic E-state index is 11.4. The Morgan fingerprint density at radius 1 is 1.23 bits per heavy atom. The van der Waals surface area contributed by atoms with Gasteiger partial charge in [0.15, 0.2) is 0 Å². The van der Waals surface area contributed by atoms with Crippen LogP contribution in [0.15, 0.2) is 48.7 Å². The molecule has 0 aliphatic heterocycles. The van der Waals surface area contributed by atoms with Gasteiger partial charge in [-0.1, -0.05) is 30.7 Å². The first-order chi connectivity index (χ1) is 14.7. The molecular weight excluding hydrogens is 414 g/mol. The first-order valence-electron chi connectivity index (χ1n) is 10.1. The summed E-state index contributed by atoms with van der Waals surface area (Å²) in [6.07, 6.45) is 2.83. The maximum Gasteiger partial charge on any atom is 0.309 e. The summed E-state index contributed by atoms with van der Waals surface area (Å²) < 4.78 is 5.99. The van der Waals surface area contributed by atoms with Gasteiger partial charge in [0.1, 0.15) is 17.3 Å². The number of aromatic nitrogens is 2. The van der Waals surface area contributed by atoms with Crippen LogP contribution in [-0.2, 0) is 17.6 Å². The van der Waals surface area contributed by atoms with Gasteiger partial charge >= 0.3 is 5.97 Å². The second-order valence-electron chi connectivity index (χ2n) is 8.02. The highest BCUT2D eigenvalue weighted by Crippen LogP contribution is 2.30. The van der Waals surface area contributed by atoms with Crippen LogP contribution in [0, 0.1) is 12.3 Å². The van der Waals surface area contributed by atoms with Crippen LogP contribution in [0.5, 0.6) is 11.5 Å². The van der Waals surface area contributed by atoms with Crippen LogP contribution < -0.4 is 10.1 Å². The minimum Gasteiger partial charge on any atom is -0.481 e. The Morgan fingerprint density at radius 2 is 2.00 bits per heavy atom. The number of rotatable bonds is 8. The van der Waals surface area contributed by atoms with Gasteiger partial charge in [-0.3, -0.25) is 9.78 Å². The molecule has 0 spiro atoms. The number of benzene rings is 1. The molecule has 0 amide bonds. The van der Waals surface area contributed by atoms with Gasteiger partial charge in [-0.05, 0) is 57.4 Å². The predicted molar refractivity (Wildman–Crippen MR) is 123 cm³/mol. The van der Waals surface area contributed by atoms with Crippen LogP contribution in [0.2, 0.25) is 5.02 Å². The summed E-state index contributed by atoms with van der Waals surface area (Å²) in [4.78, 5) is 20.3. The summed E-state index contributed by atoms with van der Waals surface area (Å²) in [5, 5.41) is 13.2. The molecule has 3 aromatic rings. The lowest BCUT2D eigenvalue weighted by atomic mass is 9.86. The Morgan fingerprint density at radius 3 is 2.71 bits per heavy atom. The molecule has 3 rings (SSSR count). The molecule has 0 aliphatic rings. The summed E-state index contributed by atoms with van der Waals surface area (Å²) in [5.74, 6) is 0.978.